The molecule has 66 heavy (non-hydrogen) atoms. The number of esters is 1. The number of para-hydroxylation sites is 2. The number of carbonyl (C=O) groups is 1. The number of nitro groups is 1. The first-order chi connectivity index (χ1) is 32.2. The molecule has 334 valence electrons. The second kappa shape index (κ2) is 15.9. The minimum absolute atomic E-state index is 0.00216. The Hall–Kier alpha value is -6.48. The van der Waals surface area contributed by atoms with Gasteiger partial charge in [-0.15, -0.1) is 0 Å². The van der Waals surface area contributed by atoms with Crippen molar-refractivity contribution in [2.75, 3.05) is 0 Å². The zero-order chi connectivity index (χ0) is 44.5. The van der Waals surface area contributed by atoms with Gasteiger partial charge >= 0.3 is 11.7 Å². The van der Waals surface area contributed by atoms with Crippen LogP contribution in [0.25, 0.3) is 0 Å². The van der Waals surface area contributed by atoms with Crippen LogP contribution < -0.4 is 18.9 Å². The molecule has 0 aliphatic heterocycles. The Kier molecular flexibility index (Phi) is 9.84. The van der Waals surface area contributed by atoms with Crippen molar-refractivity contribution in [2.24, 2.45) is 34.5 Å². The van der Waals surface area contributed by atoms with E-state index in [0.29, 0.717) is 46.5 Å². The molecule has 0 saturated heterocycles. The number of pyridine rings is 1. The predicted molar refractivity (Wildman–Crippen MR) is 250 cm³/mol. The third kappa shape index (κ3) is 7.13. The monoisotopic (exact) mass is 878 g/mol. The van der Waals surface area contributed by atoms with Crippen LogP contribution in [0.15, 0.2) is 146 Å². The lowest BCUT2D eigenvalue weighted by molar-refractivity contribution is -0.386. The molecule has 8 fully saturated rings. The average molecular weight is 879 g/mol. The summed E-state index contributed by atoms with van der Waals surface area (Å²) in [6.07, 6.45) is 18.3. The summed E-state index contributed by atoms with van der Waals surface area (Å²) in [6, 6.07) is 42.8. The highest BCUT2D eigenvalue weighted by Gasteiger charge is 2.70. The number of nitro benzene ring substituents is 1. The molecule has 8 aliphatic rings. The Labute approximate surface area is 385 Å². The van der Waals surface area contributed by atoms with Gasteiger partial charge in [-0.25, -0.2) is 4.79 Å². The molecule has 8 bridgehead atoms. The van der Waals surface area contributed by atoms with Crippen LogP contribution in [0, 0.1) is 44.6 Å². The van der Waals surface area contributed by atoms with Crippen LogP contribution in [-0.4, -0.2) is 15.9 Å². The number of benzene rings is 5. The number of rotatable bonds is 13. The molecule has 9 nitrogen and oxygen atoms in total. The quantitative estimate of drug-likeness (QED) is 0.0641. The van der Waals surface area contributed by atoms with Crippen molar-refractivity contribution in [1.29, 1.82) is 0 Å². The highest BCUT2D eigenvalue weighted by atomic mass is 16.6. The molecule has 0 spiro atoms. The molecule has 4 unspecified atom stereocenters. The van der Waals surface area contributed by atoms with Crippen LogP contribution in [0.4, 0.5) is 5.69 Å². The molecule has 0 N–H and O–H groups in total. The minimum Gasteiger partial charge on any atom is -0.482 e. The fourth-order valence-corrected chi connectivity index (χ4v) is 15.4. The molecule has 5 aromatic carbocycles. The van der Waals surface area contributed by atoms with Crippen LogP contribution in [0.1, 0.15) is 104 Å². The normalized spacial score (nSPS) is 29.9. The summed E-state index contributed by atoms with van der Waals surface area (Å²) in [7, 11) is 0. The number of carbonyl (C=O) groups excluding carboxylic acids is 1. The van der Waals surface area contributed by atoms with E-state index < -0.39 is 10.9 Å². The first-order valence-electron chi connectivity index (χ1n) is 23.9. The molecular formula is C57H54N2O7. The van der Waals surface area contributed by atoms with Gasteiger partial charge in [0.15, 0.2) is 0 Å². The van der Waals surface area contributed by atoms with E-state index in [4.69, 9.17) is 18.9 Å². The molecule has 0 amide bonds. The van der Waals surface area contributed by atoms with E-state index in [1.807, 2.05) is 42.5 Å². The van der Waals surface area contributed by atoms with Crippen molar-refractivity contribution < 1.29 is 28.7 Å². The zero-order valence-electron chi connectivity index (χ0n) is 37.1. The van der Waals surface area contributed by atoms with Gasteiger partial charge in [0, 0.05) is 40.3 Å². The molecule has 0 radical (unpaired) electrons. The van der Waals surface area contributed by atoms with Crippen molar-refractivity contribution in [3.8, 4) is 34.5 Å². The lowest BCUT2D eigenvalue weighted by Crippen LogP contribution is -2.66. The Balaban J connectivity index is 0.833. The average Bonchev–Trinajstić information content (AvgIpc) is 3.31. The topological polar surface area (TPSA) is 110 Å². The molecular weight excluding hydrogens is 825 g/mol. The van der Waals surface area contributed by atoms with E-state index in [9.17, 15) is 14.9 Å². The summed E-state index contributed by atoms with van der Waals surface area (Å²) >= 11 is 0. The molecule has 6 aromatic rings. The summed E-state index contributed by atoms with van der Waals surface area (Å²) in [5.41, 5.74) is 4.50. The molecule has 1 heterocycles. The van der Waals surface area contributed by atoms with Crippen molar-refractivity contribution in [1.82, 2.24) is 4.98 Å². The molecule has 1 aromatic heterocycles. The first kappa shape index (κ1) is 41.0. The molecule has 8 saturated carbocycles. The van der Waals surface area contributed by atoms with Gasteiger partial charge in [-0.05, 0) is 172 Å². The third-order valence-corrected chi connectivity index (χ3v) is 16.9. The maximum Gasteiger partial charge on any atom is 0.343 e. The molecule has 9 heteroatoms. The summed E-state index contributed by atoms with van der Waals surface area (Å²) in [5.74, 6) is 5.96. The predicted octanol–water partition coefficient (Wildman–Crippen LogP) is 13.7. The summed E-state index contributed by atoms with van der Waals surface area (Å²) in [4.78, 5) is 28.7. The minimum atomic E-state index is -0.431. The number of hydrogen-bond donors (Lipinski definition) is 0. The zero-order valence-corrected chi connectivity index (χ0v) is 37.1. The van der Waals surface area contributed by atoms with E-state index in [1.165, 1.54) is 100 Å². The molecule has 4 atom stereocenters. The number of nitrogens with zero attached hydrogens (tertiary/aromatic N) is 2. The second-order valence-corrected chi connectivity index (χ2v) is 21.0. The summed E-state index contributed by atoms with van der Waals surface area (Å²) in [5, 5.41) is 12.1. The lowest BCUT2D eigenvalue weighted by Gasteiger charge is -2.74. The largest absolute Gasteiger partial charge is 0.482 e. The van der Waals surface area contributed by atoms with Crippen LogP contribution in [-0.2, 0) is 17.4 Å². The van der Waals surface area contributed by atoms with Gasteiger partial charge in [0.2, 0.25) is 5.75 Å². The SMILES string of the molecule is O=C(Oc1cccnc1)c1ccc(Oc2ccccc2C23CC4CC(C2)CC(C25CC6CC(CC(c7ccccc7Oc7ccc([N+](=O)[O-])c(OCc8ccccc8)c7)(C6)C2)C5)(C4)C3)cc1. The van der Waals surface area contributed by atoms with Crippen molar-refractivity contribution >= 4 is 11.7 Å². The fraction of sp³-hybridized carbons (Fsp3) is 0.368. The van der Waals surface area contributed by atoms with E-state index in [0.717, 1.165) is 17.1 Å². The van der Waals surface area contributed by atoms with Gasteiger partial charge in [-0.2, -0.15) is 0 Å². The fourth-order valence-electron chi connectivity index (χ4n) is 15.4. The third-order valence-electron chi connectivity index (χ3n) is 16.9. The smallest absolute Gasteiger partial charge is 0.343 e. The number of aromatic nitrogens is 1. The lowest BCUT2D eigenvalue weighted by atomic mass is 9.30. The second-order valence-electron chi connectivity index (χ2n) is 21.0. The molecule has 8 aliphatic carbocycles. The van der Waals surface area contributed by atoms with Gasteiger partial charge in [-0.3, -0.25) is 15.1 Å². The Morgan fingerprint density at radius 3 is 1.70 bits per heavy atom. The van der Waals surface area contributed by atoms with E-state index in [2.05, 4.69) is 53.5 Å². The summed E-state index contributed by atoms with van der Waals surface area (Å²) in [6.45, 7) is 0.223. The highest BCUT2D eigenvalue weighted by Crippen LogP contribution is 2.79. The standard InChI is InChI=1S/C57H54N2O7/c60-53(66-46-11-8-22-58-34-46)43-16-18-44(19-17-43)64-50-14-6-4-12-47(50)54-26-39-23-40(27-54)31-56(30-39,36-54)57-32-41-24-42(33-57)29-55(28-41,37-57)48-13-5-7-15-51(48)65-45-20-21-49(59(61)62)52(25-45)63-35-38-9-2-1-3-10-38/h1-22,25,34,39-42H,23-24,26-33,35-37H2. The van der Waals surface area contributed by atoms with Gasteiger partial charge in [0.05, 0.1) is 16.7 Å². The highest BCUT2D eigenvalue weighted by molar-refractivity contribution is 5.91. The Bertz CT molecular complexity index is 2780. The van der Waals surface area contributed by atoms with Gasteiger partial charge in [0.1, 0.15) is 35.4 Å². The van der Waals surface area contributed by atoms with Crippen LogP contribution in [0.5, 0.6) is 34.5 Å². The van der Waals surface area contributed by atoms with Crippen LogP contribution in [0.3, 0.4) is 0 Å². The number of ether oxygens (including phenoxy) is 4. The first-order valence-corrected chi connectivity index (χ1v) is 23.9. The Morgan fingerprint density at radius 1 is 0.591 bits per heavy atom. The van der Waals surface area contributed by atoms with Crippen molar-refractivity contribution in [2.45, 2.75) is 94.5 Å². The maximum atomic E-state index is 12.9. The molecule has 14 rings (SSSR count). The maximum absolute atomic E-state index is 12.9. The van der Waals surface area contributed by atoms with E-state index in [-0.39, 0.29) is 39.7 Å². The van der Waals surface area contributed by atoms with Crippen molar-refractivity contribution in [3.05, 3.63) is 178 Å². The Morgan fingerprint density at radius 2 is 1.14 bits per heavy atom. The summed E-state index contributed by atoms with van der Waals surface area (Å²) < 4.78 is 25.3. The number of hydrogen-bond acceptors (Lipinski definition) is 8. The van der Waals surface area contributed by atoms with Gasteiger partial charge in [0.25, 0.3) is 0 Å². The van der Waals surface area contributed by atoms with Crippen molar-refractivity contribution in [3.63, 3.8) is 0 Å². The van der Waals surface area contributed by atoms with E-state index >= 15 is 0 Å². The van der Waals surface area contributed by atoms with Crippen LogP contribution in [0.2, 0.25) is 0 Å². The van der Waals surface area contributed by atoms with Gasteiger partial charge < -0.3 is 18.9 Å². The van der Waals surface area contributed by atoms with Crippen LogP contribution >= 0.6 is 0 Å². The van der Waals surface area contributed by atoms with Gasteiger partial charge in [-0.1, -0.05) is 66.7 Å². The van der Waals surface area contributed by atoms with E-state index in [1.54, 1.807) is 42.6 Å².